The van der Waals surface area contributed by atoms with Crippen LogP contribution in [0, 0.1) is 6.92 Å². The molecule has 0 atom stereocenters. The Labute approximate surface area is 180 Å². The minimum Gasteiger partial charge on any atom is -0.457 e. The summed E-state index contributed by atoms with van der Waals surface area (Å²) in [5.74, 6) is 1.59. The number of hydrogen-bond acceptors (Lipinski definition) is 4. The molecule has 1 amide bonds. The SMILES string of the molecule is Cc1ccc(-c2nc(CCNC(=O)C3c4ccccc4Oc4ccccc43)co2)cc1. The van der Waals surface area contributed by atoms with E-state index in [4.69, 9.17) is 9.15 Å². The molecule has 2 heterocycles. The maximum atomic E-state index is 13.2. The molecule has 0 spiro atoms. The van der Waals surface area contributed by atoms with Crippen molar-refractivity contribution in [1.82, 2.24) is 10.3 Å². The summed E-state index contributed by atoms with van der Waals surface area (Å²) in [5.41, 5.74) is 4.69. The van der Waals surface area contributed by atoms with E-state index in [2.05, 4.69) is 10.3 Å². The van der Waals surface area contributed by atoms with Crippen LogP contribution in [0.2, 0.25) is 0 Å². The van der Waals surface area contributed by atoms with E-state index in [0.717, 1.165) is 33.9 Å². The minimum absolute atomic E-state index is 0.0505. The number of hydrogen-bond donors (Lipinski definition) is 1. The molecule has 31 heavy (non-hydrogen) atoms. The number of rotatable bonds is 5. The fraction of sp³-hybridized carbons (Fsp3) is 0.154. The molecule has 4 aromatic rings. The van der Waals surface area contributed by atoms with Gasteiger partial charge >= 0.3 is 0 Å². The zero-order valence-corrected chi connectivity index (χ0v) is 17.2. The van der Waals surface area contributed by atoms with Crippen molar-refractivity contribution in [3.8, 4) is 23.0 Å². The van der Waals surface area contributed by atoms with Gasteiger partial charge in [0, 0.05) is 29.7 Å². The standard InChI is InChI=1S/C26H22N2O3/c1-17-10-12-18(13-11-17)26-28-19(16-30-26)14-15-27-25(29)24-20-6-2-4-8-22(20)31-23-9-5-3-7-21(23)24/h2-13,16,24H,14-15H2,1H3,(H,27,29). The predicted molar refractivity (Wildman–Crippen MR) is 118 cm³/mol. The molecule has 1 N–H and O–H groups in total. The summed E-state index contributed by atoms with van der Waals surface area (Å²) in [7, 11) is 0. The fourth-order valence-corrected chi connectivity index (χ4v) is 3.86. The van der Waals surface area contributed by atoms with Gasteiger partial charge in [-0.2, -0.15) is 0 Å². The third-order valence-electron chi connectivity index (χ3n) is 5.47. The van der Waals surface area contributed by atoms with Gasteiger partial charge in [-0.3, -0.25) is 4.79 Å². The Morgan fingerprint density at radius 1 is 0.935 bits per heavy atom. The number of para-hydroxylation sites is 2. The second kappa shape index (κ2) is 8.11. The van der Waals surface area contributed by atoms with Crippen LogP contribution in [-0.4, -0.2) is 17.4 Å². The number of aromatic nitrogens is 1. The van der Waals surface area contributed by atoms with Crippen LogP contribution in [0.1, 0.15) is 28.3 Å². The average molecular weight is 410 g/mol. The molecule has 0 bridgehead atoms. The molecule has 1 aliphatic heterocycles. The van der Waals surface area contributed by atoms with Crippen LogP contribution in [0.15, 0.2) is 83.5 Å². The van der Waals surface area contributed by atoms with E-state index in [1.165, 1.54) is 5.56 Å². The van der Waals surface area contributed by atoms with Gasteiger partial charge in [-0.25, -0.2) is 4.98 Å². The molecular weight excluding hydrogens is 388 g/mol. The molecule has 5 rings (SSSR count). The molecule has 1 aromatic heterocycles. The number of nitrogens with one attached hydrogen (secondary N) is 1. The monoisotopic (exact) mass is 410 g/mol. The van der Waals surface area contributed by atoms with Crippen molar-refractivity contribution in [2.45, 2.75) is 19.3 Å². The summed E-state index contributed by atoms with van der Waals surface area (Å²) in [6, 6.07) is 23.4. The number of ether oxygens (including phenoxy) is 1. The van der Waals surface area contributed by atoms with Gasteiger partial charge in [-0.05, 0) is 31.2 Å². The lowest BCUT2D eigenvalue weighted by Crippen LogP contribution is -2.33. The Kier molecular flexibility index (Phi) is 5.00. The van der Waals surface area contributed by atoms with Gasteiger partial charge in [0.15, 0.2) is 0 Å². The normalized spacial score (nSPS) is 12.5. The second-order valence-electron chi connectivity index (χ2n) is 7.66. The van der Waals surface area contributed by atoms with Crippen molar-refractivity contribution in [3.63, 3.8) is 0 Å². The number of benzene rings is 3. The van der Waals surface area contributed by atoms with Crippen molar-refractivity contribution in [2.75, 3.05) is 6.54 Å². The van der Waals surface area contributed by atoms with Gasteiger partial charge in [-0.1, -0.05) is 54.1 Å². The van der Waals surface area contributed by atoms with E-state index in [9.17, 15) is 4.79 Å². The highest BCUT2D eigenvalue weighted by Gasteiger charge is 2.32. The van der Waals surface area contributed by atoms with Gasteiger partial charge in [0.25, 0.3) is 0 Å². The Morgan fingerprint density at radius 2 is 1.58 bits per heavy atom. The summed E-state index contributed by atoms with van der Waals surface area (Å²) in [6.07, 6.45) is 2.24. The highest BCUT2D eigenvalue weighted by molar-refractivity contribution is 5.89. The topological polar surface area (TPSA) is 64.4 Å². The Bertz CT molecular complexity index is 1180. The molecule has 154 valence electrons. The van der Waals surface area contributed by atoms with Gasteiger partial charge in [0.05, 0.1) is 11.6 Å². The molecule has 0 aliphatic carbocycles. The summed E-state index contributed by atoms with van der Waals surface area (Å²) in [5, 5.41) is 3.06. The first-order valence-electron chi connectivity index (χ1n) is 10.3. The van der Waals surface area contributed by atoms with Crippen molar-refractivity contribution < 1.29 is 13.9 Å². The highest BCUT2D eigenvalue weighted by Crippen LogP contribution is 2.43. The van der Waals surface area contributed by atoms with Crippen LogP contribution in [0.5, 0.6) is 11.5 Å². The summed E-state index contributed by atoms with van der Waals surface area (Å²) >= 11 is 0. The van der Waals surface area contributed by atoms with Crippen LogP contribution in [0.3, 0.4) is 0 Å². The number of nitrogens with zero attached hydrogens (tertiary/aromatic N) is 1. The molecule has 0 radical (unpaired) electrons. The quantitative estimate of drug-likeness (QED) is 0.488. The number of amides is 1. The molecule has 0 unspecified atom stereocenters. The largest absolute Gasteiger partial charge is 0.457 e. The molecule has 5 heteroatoms. The van der Waals surface area contributed by atoms with Crippen LogP contribution < -0.4 is 10.1 Å². The zero-order valence-electron chi connectivity index (χ0n) is 17.2. The van der Waals surface area contributed by atoms with Gasteiger partial charge in [0.1, 0.15) is 17.8 Å². The molecule has 1 aliphatic rings. The van der Waals surface area contributed by atoms with Gasteiger partial charge in [-0.15, -0.1) is 0 Å². The summed E-state index contributed by atoms with van der Waals surface area (Å²) in [6.45, 7) is 2.52. The maximum Gasteiger partial charge on any atom is 0.232 e. The summed E-state index contributed by atoms with van der Waals surface area (Å²) < 4.78 is 11.6. The van der Waals surface area contributed by atoms with Crippen molar-refractivity contribution >= 4 is 5.91 Å². The lowest BCUT2D eigenvalue weighted by atomic mass is 9.87. The highest BCUT2D eigenvalue weighted by atomic mass is 16.5. The number of fused-ring (bicyclic) bond motifs is 2. The first-order valence-corrected chi connectivity index (χ1v) is 10.3. The lowest BCUT2D eigenvalue weighted by Gasteiger charge is -2.27. The van der Waals surface area contributed by atoms with Gasteiger partial charge < -0.3 is 14.5 Å². The Morgan fingerprint density at radius 3 is 2.26 bits per heavy atom. The molecule has 3 aromatic carbocycles. The smallest absolute Gasteiger partial charge is 0.232 e. The van der Waals surface area contributed by atoms with Crippen molar-refractivity contribution in [1.29, 1.82) is 0 Å². The average Bonchev–Trinajstić information content (AvgIpc) is 3.26. The third-order valence-corrected chi connectivity index (χ3v) is 5.47. The zero-order chi connectivity index (χ0) is 21.2. The van der Waals surface area contributed by atoms with E-state index < -0.39 is 5.92 Å². The summed E-state index contributed by atoms with van der Waals surface area (Å²) in [4.78, 5) is 17.7. The van der Waals surface area contributed by atoms with Crippen LogP contribution in [0.25, 0.3) is 11.5 Å². The molecule has 0 saturated carbocycles. The fourth-order valence-electron chi connectivity index (χ4n) is 3.86. The number of carbonyl (C=O) groups is 1. The first kappa shape index (κ1) is 19.1. The van der Waals surface area contributed by atoms with E-state index in [1.807, 2.05) is 79.7 Å². The van der Waals surface area contributed by atoms with Crippen LogP contribution in [0.4, 0.5) is 0 Å². The molecule has 0 fully saturated rings. The first-order chi connectivity index (χ1) is 15.2. The Hall–Kier alpha value is -3.86. The number of aryl methyl sites for hydroxylation is 1. The predicted octanol–water partition coefficient (Wildman–Crippen LogP) is 5.25. The number of carbonyl (C=O) groups excluding carboxylic acids is 1. The second-order valence-corrected chi connectivity index (χ2v) is 7.66. The molecule has 0 saturated heterocycles. The maximum absolute atomic E-state index is 13.2. The van der Waals surface area contributed by atoms with E-state index in [1.54, 1.807) is 6.26 Å². The van der Waals surface area contributed by atoms with E-state index in [-0.39, 0.29) is 5.91 Å². The molecule has 5 nitrogen and oxygen atoms in total. The Balaban J connectivity index is 1.28. The van der Waals surface area contributed by atoms with Gasteiger partial charge in [0.2, 0.25) is 11.8 Å². The third kappa shape index (κ3) is 3.82. The molecular formula is C26H22N2O3. The van der Waals surface area contributed by atoms with Crippen LogP contribution in [-0.2, 0) is 11.2 Å². The minimum atomic E-state index is -0.401. The van der Waals surface area contributed by atoms with Crippen molar-refractivity contribution in [3.05, 3.63) is 101 Å². The lowest BCUT2D eigenvalue weighted by molar-refractivity contribution is -0.121. The van der Waals surface area contributed by atoms with E-state index in [0.29, 0.717) is 18.9 Å². The van der Waals surface area contributed by atoms with Crippen LogP contribution >= 0.6 is 0 Å². The van der Waals surface area contributed by atoms with E-state index >= 15 is 0 Å². The number of oxazole rings is 1. The van der Waals surface area contributed by atoms with Crippen molar-refractivity contribution in [2.24, 2.45) is 0 Å².